The lowest BCUT2D eigenvalue weighted by Crippen LogP contribution is -2.26. The Morgan fingerprint density at radius 1 is 0.903 bits per heavy atom. The number of hydrogen-bond acceptors (Lipinski definition) is 5. The largest absolute Gasteiger partial charge is 0.493 e. The Labute approximate surface area is 182 Å². The van der Waals surface area contributed by atoms with Gasteiger partial charge in [-0.15, -0.1) is 0 Å². The fourth-order valence-corrected chi connectivity index (χ4v) is 4.31. The van der Waals surface area contributed by atoms with Crippen LogP contribution in [0.3, 0.4) is 0 Å². The van der Waals surface area contributed by atoms with Crippen LogP contribution in [0.1, 0.15) is 22.3 Å². The third-order valence-electron chi connectivity index (χ3n) is 4.64. The third kappa shape index (κ3) is 6.33. The Bertz CT molecular complexity index is 1100. The highest BCUT2D eigenvalue weighted by atomic mass is 32.2. The molecule has 1 N–H and O–H groups in total. The number of carbonyl (C=O) groups is 1. The van der Waals surface area contributed by atoms with Crippen molar-refractivity contribution in [1.82, 2.24) is 5.32 Å². The van der Waals surface area contributed by atoms with E-state index in [-0.39, 0.29) is 23.1 Å². The van der Waals surface area contributed by atoms with Crippen molar-refractivity contribution in [3.8, 4) is 11.5 Å². The standard InChI is InChI=1S/C24H25NO5S/c1-29-23-17-20(13-14-22(23)30-18-19-9-4-2-5-10-19)24(26)25-15-8-16-31(27,28)21-11-6-3-7-12-21/h2-7,9-14,17H,8,15-16,18H2,1H3,(H,25,26). The molecule has 0 fully saturated rings. The van der Waals surface area contributed by atoms with E-state index in [9.17, 15) is 13.2 Å². The van der Waals surface area contributed by atoms with Crippen LogP contribution >= 0.6 is 0 Å². The Kier molecular flexibility index (Phi) is 7.67. The number of rotatable bonds is 10. The molecule has 0 bridgehead atoms. The van der Waals surface area contributed by atoms with E-state index in [2.05, 4.69) is 5.32 Å². The Morgan fingerprint density at radius 3 is 2.26 bits per heavy atom. The molecule has 7 heteroatoms. The molecular weight excluding hydrogens is 414 g/mol. The van der Waals surface area contributed by atoms with Gasteiger partial charge in [0.1, 0.15) is 6.61 Å². The molecule has 6 nitrogen and oxygen atoms in total. The lowest BCUT2D eigenvalue weighted by Gasteiger charge is -2.12. The smallest absolute Gasteiger partial charge is 0.251 e. The molecular formula is C24H25NO5S. The summed E-state index contributed by atoms with van der Waals surface area (Å²) in [5.41, 5.74) is 1.44. The first-order valence-electron chi connectivity index (χ1n) is 9.90. The van der Waals surface area contributed by atoms with Crippen LogP contribution in [-0.2, 0) is 16.4 Å². The Balaban J connectivity index is 1.53. The van der Waals surface area contributed by atoms with Gasteiger partial charge in [-0.25, -0.2) is 8.42 Å². The molecule has 0 saturated heterocycles. The predicted molar refractivity (Wildman–Crippen MR) is 119 cm³/mol. The van der Waals surface area contributed by atoms with Crippen molar-refractivity contribution in [3.05, 3.63) is 90.0 Å². The summed E-state index contributed by atoms with van der Waals surface area (Å²) in [5, 5.41) is 2.75. The molecule has 0 heterocycles. The maximum Gasteiger partial charge on any atom is 0.251 e. The van der Waals surface area contributed by atoms with E-state index in [1.54, 1.807) is 48.5 Å². The van der Waals surface area contributed by atoms with Crippen molar-refractivity contribution in [3.63, 3.8) is 0 Å². The van der Waals surface area contributed by atoms with Crippen LogP contribution in [0.2, 0.25) is 0 Å². The maximum absolute atomic E-state index is 12.4. The van der Waals surface area contributed by atoms with Crippen LogP contribution in [0.15, 0.2) is 83.8 Å². The average Bonchev–Trinajstić information content (AvgIpc) is 2.81. The maximum atomic E-state index is 12.4. The molecule has 1 amide bonds. The number of amides is 1. The van der Waals surface area contributed by atoms with Gasteiger partial charge in [0.2, 0.25) is 0 Å². The van der Waals surface area contributed by atoms with Gasteiger partial charge in [0.15, 0.2) is 21.3 Å². The molecule has 3 aromatic rings. The monoisotopic (exact) mass is 439 g/mol. The molecule has 0 aliphatic heterocycles. The quantitative estimate of drug-likeness (QED) is 0.485. The first-order valence-corrected chi connectivity index (χ1v) is 11.6. The molecule has 31 heavy (non-hydrogen) atoms. The minimum absolute atomic E-state index is 0.0348. The lowest BCUT2D eigenvalue weighted by molar-refractivity contribution is 0.0953. The van der Waals surface area contributed by atoms with Crippen LogP contribution in [0.25, 0.3) is 0 Å². The van der Waals surface area contributed by atoms with Crippen LogP contribution < -0.4 is 14.8 Å². The number of hydrogen-bond donors (Lipinski definition) is 1. The molecule has 0 saturated carbocycles. The number of nitrogens with one attached hydrogen (secondary N) is 1. The van der Waals surface area contributed by atoms with E-state index in [0.717, 1.165) is 5.56 Å². The van der Waals surface area contributed by atoms with Gasteiger partial charge < -0.3 is 14.8 Å². The first kappa shape index (κ1) is 22.4. The molecule has 3 aromatic carbocycles. The normalized spacial score (nSPS) is 11.0. The highest BCUT2D eigenvalue weighted by Crippen LogP contribution is 2.28. The Morgan fingerprint density at radius 2 is 1.58 bits per heavy atom. The van der Waals surface area contributed by atoms with Crippen LogP contribution in [0.5, 0.6) is 11.5 Å². The molecule has 0 spiro atoms. The number of carbonyl (C=O) groups excluding carboxylic acids is 1. The van der Waals surface area contributed by atoms with Crippen molar-refractivity contribution < 1.29 is 22.7 Å². The molecule has 0 aromatic heterocycles. The summed E-state index contributed by atoms with van der Waals surface area (Å²) < 4.78 is 35.7. The molecule has 162 valence electrons. The minimum atomic E-state index is -3.36. The number of sulfone groups is 1. The zero-order chi connectivity index (χ0) is 22.1. The predicted octanol–water partition coefficient (Wildman–Crippen LogP) is 3.87. The van der Waals surface area contributed by atoms with Crippen LogP contribution in [0.4, 0.5) is 0 Å². The second-order valence-corrected chi connectivity index (χ2v) is 8.99. The van der Waals surface area contributed by atoms with Gasteiger partial charge in [0, 0.05) is 12.1 Å². The third-order valence-corrected chi connectivity index (χ3v) is 6.46. The minimum Gasteiger partial charge on any atom is -0.493 e. The summed E-state index contributed by atoms with van der Waals surface area (Å²) in [7, 11) is -1.84. The second-order valence-electron chi connectivity index (χ2n) is 6.88. The van der Waals surface area contributed by atoms with Crippen molar-refractivity contribution in [2.75, 3.05) is 19.4 Å². The number of ether oxygens (including phenoxy) is 2. The van der Waals surface area contributed by atoms with Gasteiger partial charge in [0.05, 0.1) is 17.8 Å². The first-order chi connectivity index (χ1) is 15.0. The molecule has 0 aliphatic carbocycles. The fraction of sp³-hybridized carbons (Fsp3) is 0.208. The van der Waals surface area contributed by atoms with Crippen LogP contribution in [0, 0.1) is 0 Å². The second kappa shape index (κ2) is 10.6. The van der Waals surface area contributed by atoms with Crippen molar-refractivity contribution in [1.29, 1.82) is 0 Å². The van der Waals surface area contributed by atoms with E-state index in [1.807, 2.05) is 30.3 Å². The summed E-state index contributed by atoms with van der Waals surface area (Å²) in [5.74, 6) is 0.657. The number of benzene rings is 3. The van der Waals surface area contributed by atoms with Gasteiger partial charge in [0.25, 0.3) is 5.91 Å². The SMILES string of the molecule is COc1cc(C(=O)NCCCS(=O)(=O)c2ccccc2)ccc1OCc1ccccc1. The van der Waals surface area contributed by atoms with Crippen molar-refractivity contribution in [2.45, 2.75) is 17.9 Å². The lowest BCUT2D eigenvalue weighted by atomic mass is 10.2. The fourth-order valence-electron chi connectivity index (χ4n) is 2.98. The zero-order valence-corrected chi connectivity index (χ0v) is 18.1. The van der Waals surface area contributed by atoms with E-state index >= 15 is 0 Å². The number of methoxy groups -OCH3 is 1. The highest BCUT2D eigenvalue weighted by Gasteiger charge is 2.15. The summed E-state index contributed by atoms with van der Waals surface area (Å²) >= 11 is 0. The molecule has 0 atom stereocenters. The van der Waals surface area contributed by atoms with Gasteiger partial charge in [-0.3, -0.25) is 4.79 Å². The van der Waals surface area contributed by atoms with E-state index in [0.29, 0.717) is 30.1 Å². The van der Waals surface area contributed by atoms with Crippen LogP contribution in [-0.4, -0.2) is 33.7 Å². The molecule has 0 radical (unpaired) electrons. The topological polar surface area (TPSA) is 81.7 Å². The van der Waals surface area contributed by atoms with Crippen molar-refractivity contribution >= 4 is 15.7 Å². The Hall–Kier alpha value is -3.32. The summed E-state index contributed by atoms with van der Waals surface area (Å²) in [4.78, 5) is 12.7. The van der Waals surface area contributed by atoms with E-state index in [1.165, 1.54) is 7.11 Å². The van der Waals surface area contributed by atoms with E-state index in [4.69, 9.17) is 9.47 Å². The highest BCUT2D eigenvalue weighted by molar-refractivity contribution is 7.91. The summed E-state index contributed by atoms with van der Waals surface area (Å²) in [6.45, 7) is 0.637. The van der Waals surface area contributed by atoms with Gasteiger partial charge >= 0.3 is 0 Å². The average molecular weight is 440 g/mol. The summed E-state index contributed by atoms with van der Waals surface area (Å²) in [6, 6.07) is 23.0. The molecule has 0 unspecified atom stereocenters. The molecule has 3 rings (SSSR count). The van der Waals surface area contributed by atoms with Gasteiger partial charge in [-0.05, 0) is 42.3 Å². The van der Waals surface area contributed by atoms with E-state index < -0.39 is 9.84 Å². The van der Waals surface area contributed by atoms with Crippen molar-refractivity contribution in [2.24, 2.45) is 0 Å². The van der Waals surface area contributed by atoms with Gasteiger partial charge in [-0.1, -0.05) is 48.5 Å². The summed E-state index contributed by atoms with van der Waals surface area (Å²) in [6.07, 6.45) is 0.318. The van der Waals surface area contributed by atoms with Gasteiger partial charge in [-0.2, -0.15) is 0 Å². The zero-order valence-electron chi connectivity index (χ0n) is 17.3. The molecule has 0 aliphatic rings.